The lowest BCUT2D eigenvalue weighted by Gasteiger charge is -2.04. The van der Waals surface area contributed by atoms with E-state index in [1.165, 1.54) is 18.7 Å². The van der Waals surface area contributed by atoms with Gasteiger partial charge in [0.05, 0.1) is 18.5 Å². The zero-order chi connectivity index (χ0) is 13.0. The Hall–Kier alpha value is -1.43. The van der Waals surface area contributed by atoms with Crippen molar-refractivity contribution in [2.24, 2.45) is 11.8 Å². The fraction of sp³-hybridized carbons (Fsp3) is 0.385. The smallest absolute Gasteiger partial charge is 0.227 e. The number of rotatable bonds is 1. The van der Waals surface area contributed by atoms with Gasteiger partial charge < -0.3 is 4.74 Å². The third-order valence-electron chi connectivity index (χ3n) is 3.73. The van der Waals surface area contributed by atoms with E-state index in [4.69, 9.17) is 4.74 Å². The standard InChI is InChI=1S/C13H11BrFN3O/c14-11-12(10-2-1-9(15)4-16-10)17-18-5-7-3-8(7)6-19-13(11)18/h1-2,4,7-8H,3,5-6H2. The summed E-state index contributed by atoms with van der Waals surface area (Å²) >= 11 is 3.52. The Kier molecular flexibility index (Phi) is 2.42. The first-order chi connectivity index (χ1) is 9.22. The average Bonchev–Trinajstić information content (AvgIpc) is 3.09. The van der Waals surface area contributed by atoms with E-state index in [-0.39, 0.29) is 5.82 Å². The van der Waals surface area contributed by atoms with Crippen molar-refractivity contribution >= 4 is 15.9 Å². The van der Waals surface area contributed by atoms with Crippen molar-refractivity contribution in [1.29, 1.82) is 0 Å². The van der Waals surface area contributed by atoms with Crippen molar-refractivity contribution in [3.05, 3.63) is 28.6 Å². The van der Waals surface area contributed by atoms with Crippen molar-refractivity contribution < 1.29 is 9.13 Å². The van der Waals surface area contributed by atoms with Gasteiger partial charge >= 0.3 is 0 Å². The molecule has 1 fully saturated rings. The molecule has 0 bridgehead atoms. The van der Waals surface area contributed by atoms with Crippen LogP contribution in [0.5, 0.6) is 5.88 Å². The molecule has 6 heteroatoms. The van der Waals surface area contributed by atoms with Gasteiger partial charge in [0.25, 0.3) is 0 Å². The van der Waals surface area contributed by atoms with Gasteiger partial charge in [-0.3, -0.25) is 4.98 Å². The van der Waals surface area contributed by atoms with Gasteiger partial charge in [0.15, 0.2) is 0 Å². The Balaban J connectivity index is 1.77. The van der Waals surface area contributed by atoms with Gasteiger partial charge in [-0.15, -0.1) is 0 Å². The minimum absolute atomic E-state index is 0.349. The van der Waals surface area contributed by atoms with Crippen LogP contribution in [-0.2, 0) is 6.54 Å². The van der Waals surface area contributed by atoms with Gasteiger partial charge in [-0.1, -0.05) is 0 Å². The highest BCUT2D eigenvalue weighted by molar-refractivity contribution is 9.10. The van der Waals surface area contributed by atoms with E-state index in [0.717, 1.165) is 23.5 Å². The Bertz CT molecular complexity index is 640. The molecule has 1 aliphatic heterocycles. The number of halogens is 2. The average molecular weight is 324 g/mol. The van der Waals surface area contributed by atoms with Gasteiger partial charge in [0.2, 0.25) is 5.88 Å². The van der Waals surface area contributed by atoms with E-state index in [2.05, 4.69) is 26.0 Å². The van der Waals surface area contributed by atoms with Gasteiger partial charge in [-0.05, 0) is 46.3 Å². The highest BCUT2D eigenvalue weighted by Crippen LogP contribution is 2.45. The van der Waals surface area contributed by atoms with Crippen LogP contribution in [0.25, 0.3) is 11.4 Å². The Morgan fingerprint density at radius 3 is 3.05 bits per heavy atom. The number of hydrogen-bond donors (Lipinski definition) is 0. The number of fused-ring (bicyclic) bond motifs is 2. The van der Waals surface area contributed by atoms with E-state index in [0.29, 0.717) is 23.2 Å². The summed E-state index contributed by atoms with van der Waals surface area (Å²) < 4.78 is 21.4. The van der Waals surface area contributed by atoms with Gasteiger partial charge in [0, 0.05) is 6.54 Å². The molecule has 0 radical (unpaired) electrons. The highest BCUT2D eigenvalue weighted by Gasteiger charge is 2.41. The summed E-state index contributed by atoms with van der Waals surface area (Å²) in [6.45, 7) is 1.64. The molecule has 98 valence electrons. The third-order valence-corrected chi connectivity index (χ3v) is 4.45. The summed E-state index contributed by atoms with van der Waals surface area (Å²) in [5.74, 6) is 1.77. The Morgan fingerprint density at radius 1 is 1.37 bits per heavy atom. The minimum Gasteiger partial charge on any atom is -0.477 e. The van der Waals surface area contributed by atoms with Crippen molar-refractivity contribution in [1.82, 2.24) is 14.8 Å². The molecule has 0 N–H and O–H groups in total. The Morgan fingerprint density at radius 2 is 2.26 bits per heavy atom. The first kappa shape index (κ1) is 11.4. The first-order valence-corrected chi connectivity index (χ1v) is 7.02. The predicted molar refractivity (Wildman–Crippen MR) is 70.2 cm³/mol. The largest absolute Gasteiger partial charge is 0.477 e. The van der Waals surface area contributed by atoms with E-state index in [1.54, 1.807) is 6.07 Å². The molecule has 0 saturated heterocycles. The van der Waals surface area contributed by atoms with E-state index in [9.17, 15) is 4.39 Å². The molecule has 1 aliphatic carbocycles. The maximum atomic E-state index is 12.9. The molecule has 19 heavy (non-hydrogen) atoms. The first-order valence-electron chi connectivity index (χ1n) is 6.23. The predicted octanol–water partition coefficient (Wildman–Crippen LogP) is 2.88. The molecule has 2 aromatic heterocycles. The molecule has 0 amide bonds. The molecular formula is C13H11BrFN3O. The number of aromatic nitrogens is 3. The van der Waals surface area contributed by atoms with Crippen LogP contribution in [0.3, 0.4) is 0 Å². The second-order valence-corrected chi connectivity index (χ2v) is 5.87. The van der Waals surface area contributed by atoms with Crippen molar-refractivity contribution in [3.63, 3.8) is 0 Å². The van der Waals surface area contributed by atoms with Gasteiger partial charge in [-0.2, -0.15) is 5.10 Å². The fourth-order valence-corrected chi connectivity index (χ4v) is 3.11. The maximum absolute atomic E-state index is 12.9. The molecule has 3 heterocycles. The van der Waals surface area contributed by atoms with Crippen LogP contribution in [0.1, 0.15) is 6.42 Å². The number of pyridine rings is 1. The van der Waals surface area contributed by atoms with E-state index in [1.807, 2.05) is 4.68 Å². The van der Waals surface area contributed by atoms with E-state index >= 15 is 0 Å². The second-order valence-electron chi connectivity index (χ2n) is 5.08. The summed E-state index contributed by atoms with van der Waals surface area (Å²) in [5, 5.41) is 4.55. The molecule has 4 nitrogen and oxygen atoms in total. The zero-order valence-corrected chi connectivity index (χ0v) is 11.6. The third kappa shape index (κ3) is 1.85. The molecular weight excluding hydrogens is 313 g/mol. The van der Waals surface area contributed by atoms with Gasteiger partial charge in [-0.25, -0.2) is 9.07 Å². The second kappa shape index (κ2) is 4.03. The van der Waals surface area contributed by atoms with Crippen LogP contribution >= 0.6 is 15.9 Å². The van der Waals surface area contributed by atoms with Crippen molar-refractivity contribution in [2.75, 3.05) is 6.61 Å². The molecule has 2 atom stereocenters. The van der Waals surface area contributed by atoms with Crippen LogP contribution in [0.2, 0.25) is 0 Å². The quantitative estimate of drug-likeness (QED) is 0.810. The van der Waals surface area contributed by atoms with Gasteiger partial charge in [0.1, 0.15) is 16.0 Å². The molecule has 4 rings (SSSR count). The SMILES string of the molecule is Fc1ccc(-c2nn3c(c2Br)OCC2CC2C3)nc1. The molecule has 2 aromatic rings. The minimum atomic E-state index is -0.349. The summed E-state index contributed by atoms with van der Waals surface area (Å²) in [7, 11) is 0. The molecule has 0 aromatic carbocycles. The highest BCUT2D eigenvalue weighted by atomic mass is 79.9. The topological polar surface area (TPSA) is 39.9 Å². The van der Waals surface area contributed by atoms with E-state index < -0.39 is 0 Å². The lowest BCUT2D eigenvalue weighted by molar-refractivity contribution is 0.283. The number of ether oxygens (including phenoxy) is 1. The number of nitrogens with zero attached hydrogens (tertiary/aromatic N) is 3. The van der Waals surface area contributed by atoms with Crippen molar-refractivity contribution in [3.8, 4) is 17.3 Å². The van der Waals surface area contributed by atoms with Crippen LogP contribution in [0.15, 0.2) is 22.8 Å². The summed E-state index contributed by atoms with van der Waals surface area (Å²) in [5.41, 5.74) is 1.35. The van der Waals surface area contributed by atoms with Crippen LogP contribution in [-0.4, -0.2) is 21.4 Å². The maximum Gasteiger partial charge on any atom is 0.227 e. The normalized spacial score (nSPS) is 24.1. The molecule has 2 unspecified atom stereocenters. The van der Waals surface area contributed by atoms with Crippen LogP contribution < -0.4 is 4.74 Å². The van der Waals surface area contributed by atoms with Crippen LogP contribution in [0.4, 0.5) is 4.39 Å². The molecule has 1 saturated carbocycles. The lowest BCUT2D eigenvalue weighted by Crippen LogP contribution is -2.03. The fourth-order valence-electron chi connectivity index (χ4n) is 2.51. The summed E-state index contributed by atoms with van der Waals surface area (Å²) in [6, 6.07) is 3.01. The summed E-state index contributed by atoms with van der Waals surface area (Å²) in [4.78, 5) is 4.07. The Labute approximate surface area is 117 Å². The molecule has 2 aliphatic rings. The van der Waals surface area contributed by atoms with Crippen molar-refractivity contribution in [2.45, 2.75) is 13.0 Å². The number of hydrogen-bond acceptors (Lipinski definition) is 3. The summed E-state index contributed by atoms with van der Waals surface area (Å²) in [6.07, 6.45) is 2.42. The molecule has 0 spiro atoms. The lowest BCUT2D eigenvalue weighted by atomic mass is 10.3. The zero-order valence-electron chi connectivity index (χ0n) is 10.0. The monoisotopic (exact) mass is 323 g/mol. The van der Waals surface area contributed by atoms with Crippen LogP contribution in [0, 0.1) is 17.7 Å².